The Bertz CT molecular complexity index is 569. The zero-order valence-electron chi connectivity index (χ0n) is 9.35. The van der Waals surface area contributed by atoms with Crippen molar-refractivity contribution in [2.45, 2.75) is 6.61 Å². The number of nitrogens with zero attached hydrogens (tertiary/aromatic N) is 2. The molecule has 0 aliphatic rings. The second kappa shape index (κ2) is 4.94. The Labute approximate surface area is 105 Å². The highest BCUT2D eigenvalue weighted by molar-refractivity contribution is 6.31. The van der Waals surface area contributed by atoms with Gasteiger partial charge in [0.2, 0.25) is 5.88 Å². The number of hydrogen-bond acceptors (Lipinski definition) is 2. The van der Waals surface area contributed by atoms with E-state index in [-0.39, 0.29) is 0 Å². The molecule has 0 atom stereocenters. The van der Waals surface area contributed by atoms with Crippen LogP contribution in [0, 0.1) is 12.3 Å². The zero-order chi connectivity index (χ0) is 12.3. The van der Waals surface area contributed by atoms with Crippen LogP contribution in [-0.2, 0) is 13.7 Å². The number of halogens is 1. The predicted octanol–water partition coefficient (Wildman–Crippen LogP) is 2.63. The van der Waals surface area contributed by atoms with E-state index < -0.39 is 0 Å². The molecule has 17 heavy (non-hydrogen) atoms. The minimum Gasteiger partial charge on any atom is -0.472 e. The quantitative estimate of drug-likeness (QED) is 0.779. The largest absolute Gasteiger partial charge is 0.472 e. The third kappa shape index (κ3) is 2.61. The fourth-order valence-corrected chi connectivity index (χ4v) is 1.69. The first kappa shape index (κ1) is 11.6. The van der Waals surface area contributed by atoms with E-state index in [1.807, 2.05) is 25.4 Å². The van der Waals surface area contributed by atoms with E-state index in [0.29, 0.717) is 17.5 Å². The Morgan fingerprint density at radius 2 is 2.29 bits per heavy atom. The van der Waals surface area contributed by atoms with Crippen LogP contribution in [0.5, 0.6) is 5.88 Å². The molecule has 0 aliphatic carbocycles. The lowest BCUT2D eigenvalue weighted by molar-refractivity contribution is 0.290. The zero-order valence-corrected chi connectivity index (χ0v) is 10.1. The third-order valence-electron chi connectivity index (χ3n) is 2.33. The van der Waals surface area contributed by atoms with E-state index in [2.05, 4.69) is 11.0 Å². The van der Waals surface area contributed by atoms with Gasteiger partial charge < -0.3 is 4.74 Å². The van der Waals surface area contributed by atoms with Gasteiger partial charge in [0.05, 0.1) is 0 Å². The fraction of sp³-hybridized carbons (Fsp3) is 0.154. The summed E-state index contributed by atoms with van der Waals surface area (Å²) in [6.07, 6.45) is 7.22. The van der Waals surface area contributed by atoms with Gasteiger partial charge in [0, 0.05) is 35.5 Å². The van der Waals surface area contributed by atoms with Crippen molar-refractivity contribution >= 4 is 11.6 Å². The van der Waals surface area contributed by atoms with Crippen molar-refractivity contribution in [3.05, 3.63) is 46.6 Å². The number of benzene rings is 1. The van der Waals surface area contributed by atoms with Gasteiger partial charge in [-0.05, 0) is 12.1 Å². The highest BCUT2D eigenvalue weighted by Crippen LogP contribution is 2.21. The molecule has 86 valence electrons. The van der Waals surface area contributed by atoms with Gasteiger partial charge in [-0.2, -0.15) is 0 Å². The molecule has 0 radical (unpaired) electrons. The molecule has 0 saturated carbocycles. The molecule has 0 N–H and O–H groups in total. The predicted molar refractivity (Wildman–Crippen MR) is 66.9 cm³/mol. The molecule has 1 aromatic heterocycles. The van der Waals surface area contributed by atoms with E-state index in [1.54, 1.807) is 16.8 Å². The van der Waals surface area contributed by atoms with Crippen molar-refractivity contribution < 1.29 is 4.74 Å². The molecule has 4 heteroatoms. The Morgan fingerprint density at radius 1 is 1.47 bits per heavy atom. The van der Waals surface area contributed by atoms with E-state index in [0.717, 1.165) is 11.1 Å². The Hall–Kier alpha value is -1.92. The van der Waals surface area contributed by atoms with Gasteiger partial charge in [-0.25, -0.2) is 0 Å². The Balaban J connectivity index is 2.17. The van der Waals surface area contributed by atoms with Crippen LogP contribution >= 0.6 is 11.6 Å². The van der Waals surface area contributed by atoms with Crippen LogP contribution in [0.3, 0.4) is 0 Å². The van der Waals surface area contributed by atoms with Crippen molar-refractivity contribution in [3.63, 3.8) is 0 Å². The third-order valence-corrected chi connectivity index (χ3v) is 2.68. The van der Waals surface area contributed by atoms with E-state index in [9.17, 15) is 0 Å². The summed E-state index contributed by atoms with van der Waals surface area (Å²) in [7, 11) is 1.83. The first-order chi connectivity index (χ1) is 8.20. The maximum Gasteiger partial charge on any atom is 0.233 e. The molecule has 0 saturated heterocycles. The van der Waals surface area contributed by atoms with Crippen LogP contribution in [0.25, 0.3) is 0 Å². The highest BCUT2D eigenvalue weighted by Gasteiger charge is 2.07. The number of aryl methyl sites for hydroxylation is 1. The first-order valence-corrected chi connectivity index (χ1v) is 5.45. The smallest absolute Gasteiger partial charge is 0.233 e. The molecular weight excluding hydrogens is 236 g/mol. The van der Waals surface area contributed by atoms with Crippen LogP contribution < -0.4 is 4.74 Å². The maximum atomic E-state index is 6.08. The second-order valence-corrected chi connectivity index (χ2v) is 3.93. The summed E-state index contributed by atoms with van der Waals surface area (Å²) in [5.74, 6) is 3.14. The lowest BCUT2D eigenvalue weighted by Gasteiger charge is -2.07. The molecule has 3 nitrogen and oxygen atoms in total. The summed E-state index contributed by atoms with van der Waals surface area (Å²) >= 11 is 6.08. The molecule has 0 fully saturated rings. The monoisotopic (exact) mass is 246 g/mol. The van der Waals surface area contributed by atoms with E-state index in [4.69, 9.17) is 22.8 Å². The summed E-state index contributed by atoms with van der Waals surface area (Å²) in [6, 6.07) is 7.23. The number of aromatic nitrogens is 2. The molecule has 0 amide bonds. The van der Waals surface area contributed by atoms with Crippen molar-refractivity contribution in [1.29, 1.82) is 0 Å². The first-order valence-electron chi connectivity index (χ1n) is 5.07. The Morgan fingerprint density at radius 3 is 2.94 bits per heavy atom. The number of rotatable bonds is 3. The van der Waals surface area contributed by atoms with Gasteiger partial charge in [-0.3, -0.25) is 4.68 Å². The molecule has 0 unspecified atom stereocenters. The molecule has 1 aromatic carbocycles. The minimum atomic E-state index is 0.316. The average Bonchev–Trinajstić information content (AvgIpc) is 2.73. The minimum absolute atomic E-state index is 0.316. The highest BCUT2D eigenvalue weighted by atomic mass is 35.5. The van der Waals surface area contributed by atoms with Crippen molar-refractivity contribution in [3.8, 4) is 18.2 Å². The number of ether oxygens (including phenoxy) is 1. The average molecular weight is 247 g/mol. The van der Waals surface area contributed by atoms with Gasteiger partial charge in [0.15, 0.2) is 0 Å². The lowest BCUT2D eigenvalue weighted by atomic mass is 10.1. The molecule has 2 rings (SSSR count). The molecule has 2 aromatic rings. The van der Waals surface area contributed by atoms with Gasteiger partial charge in [-0.1, -0.05) is 23.6 Å². The van der Waals surface area contributed by atoms with E-state index >= 15 is 0 Å². The lowest BCUT2D eigenvalue weighted by Crippen LogP contribution is -2.00. The van der Waals surface area contributed by atoms with Crippen molar-refractivity contribution in [2.24, 2.45) is 7.05 Å². The standard InChI is InChI=1S/C13H11ClN2O/c1-3-10-5-4-6-12(14)11(10)9-17-13-7-8-16(2)15-13/h1,4-8H,9H2,2H3. The van der Waals surface area contributed by atoms with Crippen LogP contribution in [-0.4, -0.2) is 9.78 Å². The maximum absolute atomic E-state index is 6.08. The molecule has 0 aliphatic heterocycles. The normalized spacial score (nSPS) is 9.94. The van der Waals surface area contributed by atoms with Gasteiger partial charge >= 0.3 is 0 Å². The summed E-state index contributed by atoms with van der Waals surface area (Å²) in [4.78, 5) is 0. The van der Waals surface area contributed by atoms with Crippen LogP contribution in [0.15, 0.2) is 30.5 Å². The molecule has 0 bridgehead atoms. The molecule has 0 spiro atoms. The SMILES string of the molecule is C#Cc1cccc(Cl)c1COc1ccn(C)n1. The topological polar surface area (TPSA) is 27.1 Å². The number of terminal acetylenes is 1. The Kier molecular flexibility index (Phi) is 3.36. The molecule has 1 heterocycles. The van der Waals surface area contributed by atoms with Crippen LogP contribution in [0.2, 0.25) is 5.02 Å². The molecular formula is C13H11ClN2O. The number of hydrogen-bond donors (Lipinski definition) is 0. The van der Waals surface area contributed by atoms with Crippen LogP contribution in [0.1, 0.15) is 11.1 Å². The summed E-state index contributed by atoms with van der Waals surface area (Å²) < 4.78 is 7.19. The van der Waals surface area contributed by atoms with Gasteiger partial charge in [0.1, 0.15) is 6.61 Å². The summed E-state index contributed by atoms with van der Waals surface area (Å²) in [5.41, 5.74) is 1.55. The summed E-state index contributed by atoms with van der Waals surface area (Å²) in [6.45, 7) is 0.316. The van der Waals surface area contributed by atoms with Crippen molar-refractivity contribution in [1.82, 2.24) is 9.78 Å². The van der Waals surface area contributed by atoms with Gasteiger partial charge in [-0.15, -0.1) is 11.5 Å². The summed E-state index contributed by atoms with van der Waals surface area (Å²) in [5, 5.41) is 4.72. The fourth-order valence-electron chi connectivity index (χ4n) is 1.46. The van der Waals surface area contributed by atoms with Crippen LogP contribution in [0.4, 0.5) is 0 Å². The van der Waals surface area contributed by atoms with E-state index in [1.165, 1.54) is 0 Å². The van der Waals surface area contributed by atoms with Gasteiger partial charge in [0.25, 0.3) is 0 Å². The second-order valence-electron chi connectivity index (χ2n) is 3.53. The van der Waals surface area contributed by atoms with Crippen molar-refractivity contribution in [2.75, 3.05) is 0 Å².